The van der Waals surface area contributed by atoms with Gasteiger partial charge in [0.15, 0.2) is 0 Å². The van der Waals surface area contributed by atoms with E-state index in [1.54, 1.807) is 0 Å². The second-order valence-corrected chi connectivity index (χ2v) is 5.51. The first-order chi connectivity index (χ1) is 8.09. The van der Waals surface area contributed by atoms with Crippen LogP contribution < -0.4 is 5.73 Å². The molecule has 2 rings (SSSR count). The lowest BCUT2D eigenvalue weighted by atomic mass is 9.84. The van der Waals surface area contributed by atoms with Crippen LogP contribution in [0.15, 0.2) is 30.3 Å². The van der Waals surface area contributed by atoms with Crippen LogP contribution in [0, 0.1) is 5.92 Å². The largest absolute Gasteiger partial charge is 0.327 e. The van der Waals surface area contributed by atoms with Crippen LogP contribution in [0.25, 0.3) is 0 Å². The van der Waals surface area contributed by atoms with Gasteiger partial charge in [-0.1, -0.05) is 37.3 Å². The highest BCUT2D eigenvalue weighted by Crippen LogP contribution is 2.28. The summed E-state index contributed by atoms with van der Waals surface area (Å²) in [6, 6.07) is 12.2. The maximum atomic E-state index is 6.19. The van der Waals surface area contributed by atoms with Crippen LogP contribution in [0.2, 0.25) is 0 Å². The third-order valence-electron chi connectivity index (χ3n) is 4.35. The van der Waals surface area contributed by atoms with Gasteiger partial charge in [-0.25, -0.2) is 0 Å². The molecule has 0 unspecified atom stereocenters. The summed E-state index contributed by atoms with van der Waals surface area (Å²) < 4.78 is 0. The minimum Gasteiger partial charge on any atom is -0.327 e. The molecule has 4 atom stereocenters. The zero-order valence-corrected chi connectivity index (χ0v) is 11.1. The molecule has 1 aliphatic heterocycles. The van der Waals surface area contributed by atoms with Crippen molar-refractivity contribution in [3.63, 3.8) is 0 Å². The number of benzene rings is 1. The molecule has 0 spiro atoms. The smallest absolute Gasteiger partial charge is 0.0239 e. The quantitative estimate of drug-likeness (QED) is 0.849. The molecule has 1 aliphatic rings. The van der Waals surface area contributed by atoms with Crippen LogP contribution in [0.4, 0.5) is 0 Å². The first-order valence-electron chi connectivity index (χ1n) is 6.65. The topological polar surface area (TPSA) is 29.3 Å². The lowest BCUT2D eigenvalue weighted by molar-refractivity contribution is 0.0439. The molecule has 0 saturated carbocycles. The molecule has 1 saturated heterocycles. The first kappa shape index (κ1) is 12.6. The first-order valence-corrected chi connectivity index (χ1v) is 6.65. The third-order valence-corrected chi connectivity index (χ3v) is 4.35. The van der Waals surface area contributed by atoms with E-state index in [0.717, 1.165) is 13.0 Å². The van der Waals surface area contributed by atoms with Gasteiger partial charge in [0.25, 0.3) is 0 Å². The Bertz CT molecular complexity index is 349. The Hall–Kier alpha value is -0.860. The summed E-state index contributed by atoms with van der Waals surface area (Å²) in [6.45, 7) is 7.92. The van der Waals surface area contributed by atoms with Crippen molar-refractivity contribution in [2.24, 2.45) is 11.7 Å². The van der Waals surface area contributed by atoms with Crippen molar-refractivity contribution in [2.75, 3.05) is 0 Å². The van der Waals surface area contributed by atoms with Crippen LogP contribution in [-0.2, 0) is 6.54 Å². The average Bonchev–Trinajstić information content (AvgIpc) is 2.33. The molecule has 1 aromatic rings. The van der Waals surface area contributed by atoms with Crippen LogP contribution in [0.5, 0.6) is 0 Å². The van der Waals surface area contributed by atoms with Gasteiger partial charge < -0.3 is 5.73 Å². The molecular formula is C15H24N2. The highest BCUT2D eigenvalue weighted by molar-refractivity contribution is 5.15. The van der Waals surface area contributed by atoms with E-state index in [1.807, 2.05) is 0 Å². The van der Waals surface area contributed by atoms with E-state index in [1.165, 1.54) is 5.56 Å². The van der Waals surface area contributed by atoms with E-state index in [9.17, 15) is 0 Å². The fraction of sp³-hybridized carbons (Fsp3) is 0.600. The predicted octanol–water partition coefficient (Wildman–Crippen LogP) is 2.63. The SMILES string of the molecule is C[C@H]1[C@H](N)C[C@H](C)N(Cc2ccccc2)[C@H]1C. The van der Waals surface area contributed by atoms with Gasteiger partial charge in [-0.3, -0.25) is 4.90 Å². The molecule has 1 fully saturated rings. The van der Waals surface area contributed by atoms with E-state index in [0.29, 0.717) is 24.0 Å². The molecule has 2 N–H and O–H groups in total. The molecule has 2 heteroatoms. The van der Waals surface area contributed by atoms with Gasteiger partial charge in [0.05, 0.1) is 0 Å². The van der Waals surface area contributed by atoms with Crippen molar-refractivity contribution >= 4 is 0 Å². The Balaban J connectivity index is 2.09. The summed E-state index contributed by atoms with van der Waals surface area (Å²) in [4.78, 5) is 2.59. The summed E-state index contributed by atoms with van der Waals surface area (Å²) >= 11 is 0. The third kappa shape index (κ3) is 2.70. The van der Waals surface area contributed by atoms with Crippen molar-refractivity contribution in [1.29, 1.82) is 0 Å². The lowest BCUT2D eigenvalue weighted by Crippen LogP contribution is -2.55. The molecule has 1 aromatic carbocycles. The fourth-order valence-electron chi connectivity index (χ4n) is 2.90. The van der Waals surface area contributed by atoms with E-state index in [-0.39, 0.29) is 0 Å². The molecule has 0 amide bonds. The van der Waals surface area contributed by atoms with E-state index in [4.69, 9.17) is 5.73 Å². The molecule has 0 aromatic heterocycles. The Labute approximate surface area is 105 Å². The Morgan fingerprint density at radius 3 is 2.47 bits per heavy atom. The molecule has 0 aliphatic carbocycles. The monoisotopic (exact) mass is 232 g/mol. The van der Waals surface area contributed by atoms with Crippen molar-refractivity contribution in [3.8, 4) is 0 Å². The summed E-state index contributed by atoms with van der Waals surface area (Å²) in [5.41, 5.74) is 7.59. The number of piperidine rings is 1. The number of nitrogens with two attached hydrogens (primary N) is 1. The van der Waals surface area contributed by atoms with Crippen molar-refractivity contribution in [1.82, 2.24) is 4.90 Å². The summed E-state index contributed by atoms with van der Waals surface area (Å²) in [5, 5.41) is 0. The van der Waals surface area contributed by atoms with Gasteiger partial charge in [0.1, 0.15) is 0 Å². The zero-order chi connectivity index (χ0) is 12.4. The second kappa shape index (κ2) is 5.19. The minimum absolute atomic E-state index is 0.354. The Morgan fingerprint density at radius 1 is 1.18 bits per heavy atom. The number of nitrogens with zero attached hydrogens (tertiary/aromatic N) is 1. The van der Waals surface area contributed by atoms with Crippen molar-refractivity contribution in [2.45, 2.75) is 51.9 Å². The van der Waals surface area contributed by atoms with Gasteiger partial charge >= 0.3 is 0 Å². The Morgan fingerprint density at radius 2 is 1.82 bits per heavy atom. The van der Waals surface area contributed by atoms with Crippen LogP contribution >= 0.6 is 0 Å². The second-order valence-electron chi connectivity index (χ2n) is 5.51. The van der Waals surface area contributed by atoms with E-state index in [2.05, 4.69) is 56.0 Å². The van der Waals surface area contributed by atoms with Gasteiger partial charge in [-0.05, 0) is 31.7 Å². The Kier molecular flexibility index (Phi) is 3.85. The van der Waals surface area contributed by atoms with Gasteiger partial charge in [0.2, 0.25) is 0 Å². The summed E-state index contributed by atoms with van der Waals surface area (Å²) in [7, 11) is 0. The molecule has 94 valence electrons. The predicted molar refractivity (Wildman–Crippen MR) is 72.7 cm³/mol. The highest BCUT2D eigenvalue weighted by atomic mass is 15.2. The zero-order valence-electron chi connectivity index (χ0n) is 11.1. The number of rotatable bonds is 2. The molecule has 0 bridgehead atoms. The number of likely N-dealkylation sites (tertiary alicyclic amines) is 1. The molecular weight excluding hydrogens is 208 g/mol. The standard InChI is InChI=1S/C15H24N2/c1-11-9-15(16)12(2)13(3)17(11)10-14-7-5-4-6-8-14/h4-8,11-13,15H,9-10,16H2,1-3H3/t11-,12+,13-,15+/m0/s1. The van der Waals surface area contributed by atoms with E-state index >= 15 is 0 Å². The lowest BCUT2D eigenvalue weighted by Gasteiger charge is -2.45. The highest BCUT2D eigenvalue weighted by Gasteiger charge is 2.34. The summed E-state index contributed by atoms with van der Waals surface area (Å²) in [5.74, 6) is 0.579. The van der Waals surface area contributed by atoms with Crippen molar-refractivity contribution < 1.29 is 0 Å². The van der Waals surface area contributed by atoms with Crippen LogP contribution in [0.1, 0.15) is 32.8 Å². The van der Waals surface area contributed by atoms with Gasteiger partial charge in [0, 0.05) is 24.7 Å². The van der Waals surface area contributed by atoms with E-state index < -0.39 is 0 Å². The summed E-state index contributed by atoms with van der Waals surface area (Å²) in [6.07, 6.45) is 1.11. The van der Waals surface area contributed by atoms with Crippen LogP contribution in [-0.4, -0.2) is 23.0 Å². The minimum atomic E-state index is 0.354. The number of hydrogen-bond acceptors (Lipinski definition) is 2. The number of hydrogen-bond donors (Lipinski definition) is 1. The molecule has 17 heavy (non-hydrogen) atoms. The molecule has 1 heterocycles. The molecule has 0 radical (unpaired) electrons. The average molecular weight is 232 g/mol. The van der Waals surface area contributed by atoms with Crippen LogP contribution in [0.3, 0.4) is 0 Å². The fourth-order valence-corrected chi connectivity index (χ4v) is 2.90. The maximum Gasteiger partial charge on any atom is 0.0239 e. The molecule has 2 nitrogen and oxygen atoms in total. The van der Waals surface area contributed by atoms with Gasteiger partial charge in [-0.2, -0.15) is 0 Å². The normalized spacial score (nSPS) is 34.8. The van der Waals surface area contributed by atoms with Crippen molar-refractivity contribution in [3.05, 3.63) is 35.9 Å². The maximum absolute atomic E-state index is 6.19. The van der Waals surface area contributed by atoms with Gasteiger partial charge in [-0.15, -0.1) is 0 Å².